The van der Waals surface area contributed by atoms with Crippen molar-refractivity contribution in [1.82, 2.24) is 10.6 Å². The monoisotopic (exact) mass is 474 g/mol. The molecule has 1 aromatic rings. The minimum atomic E-state index is -0.466. The number of guanidine groups is 1. The van der Waals surface area contributed by atoms with Crippen LogP contribution in [0.25, 0.3) is 0 Å². The second-order valence-electron chi connectivity index (χ2n) is 6.61. The van der Waals surface area contributed by atoms with Crippen LogP contribution in [0, 0.1) is 5.92 Å². The summed E-state index contributed by atoms with van der Waals surface area (Å²) in [5.74, 6) is 1.72. The number of hydrogen-bond donors (Lipinski definition) is 3. The lowest BCUT2D eigenvalue weighted by Gasteiger charge is -2.28. The van der Waals surface area contributed by atoms with Crippen LogP contribution < -0.4 is 16.0 Å². The minimum Gasteiger partial charge on any atom is -0.453 e. The van der Waals surface area contributed by atoms with Gasteiger partial charge in [0.15, 0.2) is 5.96 Å². The summed E-state index contributed by atoms with van der Waals surface area (Å²) in [6, 6.07) is 8.14. The Balaban J connectivity index is 0.00000338. The van der Waals surface area contributed by atoms with E-state index in [1.54, 1.807) is 0 Å². The molecule has 146 valence electrons. The van der Waals surface area contributed by atoms with Gasteiger partial charge in [0.05, 0.1) is 13.7 Å². The van der Waals surface area contributed by atoms with E-state index in [0.29, 0.717) is 18.3 Å². The molecular weight excluding hydrogens is 443 g/mol. The number of nitrogens with zero attached hydrogens (tertiary/aromatic N) is 1. The van der Waals surface area contributed by atoms with Crippen LogP contribution in [0.2, 0.25) is 0 Å². The quantitative estimate of drug-likeness (QED) is 0.341. The third-order valence-corrected chi connectivity index (χ3v) is 4.51. The van der Waals surface area contributed by atoms with Gasteiger partial charge in [-0.3, -0.25) is 5.32 Å². The van der Waals surface area contributed by atoms with Crippen molar-refractivity contribution in [3.63, 3.8) is 0 Å². The largest absolute Gasteiger partial charge is 0.453 e. The number of methoxy groups -OCH3 is 1. The van der Waals surface area contributed by atoms with Crippen molar-refractivity contribution in [3.8, 4) is 0 Å². The van der Waals surface area contributed by atoms with Gasteiger partial charge in [-0.2, -0.15) is 0 Å². The second-order valence-corrected chi connectivity index (χ2v) is 6.61. The van der Waals surface area contributed by atoms with Crippen molar-refractivity contribution in [2.45, 2.75) is 52.1 Å². The highest BCUT2D eigenvalue weighted by atomic mass is 127. The maximum atomic E-state index is 11.2. The van der Waals surface area contributed by atoms with Gasteiger partial charge in [-0.15, -0.1) is 24.0 Å². The summed E-state index contributed by atoms with van der Waals surface area (Å²) in [5.41, 5.74) is 1.80. The molecule has 1 aliphatic carbocycles. The van der Waals surface area contributed by atoms with E-state index in [2.05, 4.69) is 39.5 Å². The summed E-state index contributed by atoms with van der Waals surface area (Å²) in [4.78, 5) is 15.9. The average molecular weight is 474 g/mol. The van der Waals surface area contributed by atoms with E-state index in [4.69, 9.17) is 0 Å². The zero-order valence-electron chi connectivity index (χ0n) is 15.9. The highest BCUT2D eigenvalue weighted by Crippen LogP contribution is 2.23. The second kappa shape index (κ2) is 12.0. The predicted octanol–water partition coefficient (Wildman–Crippen LogP) is 4.12. The van der Waals surface area contributed by atoms with E-state index >= 15 is 0 Å². The molecule has 1 amide bonds. The molecule has 0 aliphatic heterocycles. The molecule has 0 aromatic heterocycles. The van der Waals surface area contributed by atoms with E-state index < -0.39 is 6.09 Å². The standard InChI is InChI=1S/C19H30N4O2.HI/c1-4-20-18(22-16-9-5-14(2)6-10-16)21-13-15-7-11-17(12-8-15)23-19(24)25-3;/h7-8,11-12,14,16H,4-6,9-10,13H2,1-3H3,(H,23,24)(H2,20,21,22);1H. The van der Waals surface area contributed by atoms with Gasteiger partial charge < -0.3 is 15.4 Å². The van der Waals surface area contributed by atoms with Crippen molar-refractivity contribution in [2.24, 2.45) is 10.9 Å². The number of benzene rings is 1. The number of ether oxygens (including phenoxy) is 1. The van der Waals surface area contributed by atoms with Crippen LogP contribution in [0.4, 0.5) is 10.5 Å². The van der Waals surface area contributed by atoms with Gasteiger partial charge in [-0.1, -0.05) is 19.1 Å². The lowest BCUT2D eigenvalue weighted by molar-refractivity contribution is 0.187. The summed E-state index contributed by atoms with van der Waals surface area (Å²) < 4.78 is 4.58. The Labute approximate surface area is 173 Å². The van der Waals surface area contributed by atoms with Crippen molar-refractivity contribution in [2.75, 3.05) is 19.0 Å². The fourth-order valence-electron chi connectivity index (χ4n) is 2.95. The molecule has 0 unspecified atom stereocenters. The lowest BCUT2D eigenvalue weighted by atomic mass is 9.87. The minimum absolute atomic E-state index is 0. The van der Waals surface area contributed by atoms with E-state index in [1.807, 2.05) is 24.3 Å². The third kappa shape index (κ3) is 7.80. The molecule has 7 heteroatoms. The maximum Gasteiger partial charge on any atom is 0.411 e. The Morgan fingerprint density at radius 1 is 1.19 bits per heavy atom. The van der Waals surface area contributed by atoms with Crippen molar-refractivity contribution in [3.05, 3.63) is 29.8 Å². The molecule has 1 saturated carbocycles. The Kier molecular flexibility index (Phi) is 10.4. The molecular formula is C19H31IN4O2. The zero-order chi connectivity index (χ0) is 18.1. The molecule has 26 heavy (non-hydrogen) atoms. The third-order valence-electron chi connectivity index (χ3n) is 4.51. The molecule has 0 atom stereocenters. The number of halogens is 1. The molecule has 0 heterocycles. The fourth-order valence-corrected chi connectivity index (χ4v) is 2.95. The van der Waals surface area contributed by atoms with Gasteiger partial charge in [-0.25, -0.2) is 9.79 Å². The first kappa shape index (κ1) is 22.5. The van der Waals surface area contributed by atoms with Crippen LogP contribution in [0.3, 0.4) is 0 Å². The van der Waals surface area contributed by atoms with E-state index in [1.165, 1.54) is 32.8 Å². The molecule has 3 N–H and O–H groups in total. The van der Waals surface area contributed by atoms with Crippen LogP contribution >= 0.6 is 24.0 Å². The van der Waals surface area contributed by atoms with Gasteiger partial charge in [0.1, 0.15) is 0 Å². The van der Waals surface area contributed by atoms with Crippen molar-refractivity contribution >= 4 is 41.7 Å². The number of aliphatic imine (C=N–C) groups is 1. The number of carbonyl (C=O) groups is 1. The molecule has 0 saturated heterocycles. The zero-order valence-corrected chi connectivity index (χ0v) is 18.2. The summed E-state index contributed by atoms with van der Waals surface area (Å²) in [5, 5.41) is 9.52. The maximum absolute atomic E-state index is 11.2. The average Bonchev–Trinajstić information content (AvgIpc) is 2.63. The van der Waals surface area contributed by atoms with Crippen LogP contribution in [0.15, 0.2) is 29.3 Å². The Morgan fingerprint density at radius 2 is 1.85 bits per heavy atom. The van der Waals surface area contributed by atoms with Crippen molar-refractivity contribution in [1.29, 1.82) is 0 Å². The first-order valence-corrected chi connectivity index (χ1v) is 9.09. The van der Waals surface area contributed by atoms with Gasteiger partial charge in [0, 0.05) is 18.3 Å². The predicted molar refractivity (Wildman–Crippen MR) is 117 cm³/mol. The lowest BCUT2D eigenvalue weighted by Crippen LogP contribution is -2.44. The number of carbonyl (C=O) groups excluding carboxylic acids is 1. The summed E-state index contributed by atoms with van der Waals surface area (Å²) >= 11 is 0. The molecule has 6 nitrogen and oxygen atoms in total. The highest BCUT2D eigenvalue weighted by Gasteiger charge is 2.18. The molecule has 1 aromatic carbocycles. The molecule has 0 bridgehead atoms. The number of anilines is 1. The summed E-state index contributed by atoms with van der Waals surface area (Å²) in [6.07, 6.45) is 4.52. The topological polar surface area (TPSA) is 74.8 Å². The van der Waals surface area contributed by atoms with Gasteiger partial charge in [0.2, 0.25) is 0 Å². The Hall–Kier alpha value is -1.51. The number of rotatable bonds is 5. The van der Waals surface area contributed by atoms with E-state index in [0.717, 1.165) is 24.0 Å². The Morgan fingerprint density at radius 3 is 2.42 bits per heavy atom. The molecule has 2 rings (SSSR count). The van der Waals surface area contributed by atoms with Gasteiger partial charge >= 0.3 is 6.09 Å². The van der Waals surface area contributed by atoms with Gasteiger partial charge in [0.25, 0.3) is 0 Å². The van der Waals surface area contributed by atoms with E-state index in [-0.39, 0.29) is 24.0 Å². The molecule has 0 spiro atoms. The Bertz CT molecular complexity index is 569. The van der Waals surface area contributed by atoms with Gasteiger partial charge in [-0.05, 0) is 56.2 Å². The molecule has 0 radical (unpaired) electrons. The smallest absolute Gasteiger partial charge is 0.411 e. The summed E-state index contributed by atoms with van der Waals surface area (Å²) in [6.45, 7) is 5.84. The van der Waals surface area contributed by atoms with Crippen LogP contribution in [-0.4, -0.2) is 31.7 Å². The first-order chi connectivity index (χ1) is 12.1. The molecule has 1 fully saturated rings. The van der Waals surface area contributed by atoms with Crippen LogP contribution in [0.5, 0.6) is 0 Å². The number of nitrogens with one attached hydrogen (secondary N) is 3. The SMILES string of the molecule is CCNC(=NCc1ccc(NC(=O)OC)cc1)NC1CCC(C)CC1.I. The normalized spacial score (nSPS) is 19.9. The van der Waals surface area contributed by atoms with E-state index in [9.17, 15) is 4.79 Å². The first-order valence-electron chi connectivity index (χ1n) is 9.09. The molecule has 1 aliphatic rings. The summed E-state index contributed by atoms with van der Waals surface area (Å²) in [7, 11) is 1.35. The number of hydrogen-bond acceptors (Lipinski definition) is 3. The van der Waals surface area contributed by atoms with Crippen LogP contribution in [-0.2, 0) is 11.3 Å². The highest BCUT2D eigenvalue weighted by molar-refractivity contribution is 14.0. The number of amides is 1. The van der Waals surface area contributed by atoms with Crippen molar-refractivity contribution < 1.29 is 9.53 Å². The van der Waals surface area contributed by atoms with Crippen LogP contribution in [0.1, 0.15) is 45.1 Å². The fraction of sp³-hybridized carbons (Fsp3) is 0.579.